The molecule has 0 aromatic heterocycles. The summed E-state index contributed by atoms with van der Waals surface area (Å²) in [4.78, 5) is 22.2. The van der Waals surface area contributed by atoms with Gasteiger partial charge in [-0.25, -0.2) is 4.79 Å². The van der Waals surface area contributed by atoms with Crippen molar-refractivity contribution in [1.82, 2.24) is 5.32 Å². The van der Waals surface area contributed by atoms with E-state index in [2.05, 4.69) is 10.1 Å². The van der Waals surface area contributed by atoms with Gasteiger partial charge in [-0.3, -0.25) is 4.79 Å². The Kier molecular flexibility index (Phi) is 6.02. The summed E-state index contributed by atoms with van der Waals surface area (Å²) in [6.07, 6.45) is 1.40. The van der Waals surface area contributed by atoms with Crippen molar-refractivity contribution in [3.05, 3.63) is 35.4 Å². The largest absolute Gasteiger partial charge is 0.480 e. The zero-order valence-corrected chi connectivity index (χ0v) is 11.2. The van der Waals surface area contributed by atoms with Gasteiger partial charge in [-0.15, -0.1) is 0 Å². The number of carboxylic acids is 1. The molecule has 0 fully saturated rings. The molecule has 0 aliphatic rings. The Hall–Kier alpha value is -1.88. The standard InChI is InChI=1S/C14H19NO4/c1-3-4-12(13(16)17)15-9-10-5-7-11(8-6-10)14(18)19-2/h5-8,12,15H,3-4,9H2,1-2H3,(H,16,17). The van der Waals surface area contributed by atoms with E-state index in [1.54, 1.807) is 24.3 Å². The molecule has 0 heterocycles. The second kappa shape index (κ2) is 7.53. The number of hydrogen-bond acceptors (Lipinski definition) is 4. The number of hydrogen-bond donors (Lipinski definition) is 2. The van der Waals surface area contributed by atoms with E-state index in [0.717, 1.165) is 12.0 Å². The Labute approximate surface area is 112 Å². The van der Waals surface area contributed by atoms with Gasteiger partial charge in [0.15, 0.2) is 0 Å². The van der Waals surface area contributed by atoms with E-state index in [1.807, 2.05) is 6.92 Å². The SMILES string of the molecule is CCCC(NCc1ccc(C(=O)OC)cc1)C(=O)O. The summed E-state index contributed by atoms with van der Waals surface area (Å²) < 4.78 is 4.61. The lowest BCUT2D eigenvalue weighted by Gasteiger charge is -2.13. The van der Waals surface area contributed by atoms with Gasteiger partial charge in [-0.2, -0.15) is 0 Å². The summed E-state index contributed by atoms with van der Waals surface area (Å²) in [6.45, 7) is 2.40. The number of methoxy groups -OCH3 is 1. The van der Waals surface area contributed by atoms with Crippen molar-refractivity contribution in [2.24, 2.45) is 0 Å². The maximum absolute atomic E-state index is 11.2. The van der Waals surface area contributed by atoms with E-state index in [-0.39, 0.29) is 5.97 Å². The molecule has 19 heavy (non-hydrogen) atoms. The fourth-order valence-electron chi connectivity index (χ4n) is 1.72. The lowest BCUT2D eigenvalue weighted by atomic mass is 10.1. The van der Waals surface area contributed by atoms with E-state index in [0.29, 0.717) is 18.5 Å². The van der Waals surface area contributed by atoms with Crippen LogP contribution in [0, 0.1) is 0 Å². The number of carbonyl (C=O) groups excluding carboxylic acids is 1. The molecular weight excluding hydrogens is 246 g/mol. The molecular formula is C14H19NO4. The average molecular weight is 265 g/mol. The predicted octanol–water partition coefficient (Wildman–Crippen LogP) is 1.82. The van der Waals surface area contributed by atoms with Crippen LogP contribution in [-0.2, 0) is 16.1 Å². The third-order valence-corrected chi connectivity index (χ3v) is 2.80. The highest BCUT2D eigenvalue weighted by Crippen LogP contribution is 2.06. The first-order chi connectivity index (χ1) is 9.08. The molecule has 1 aromatic carbocycles. The summed E-state index contributed by atoms with van der Waals surface area (Å²) in [5, 5.41) is 12.0. The number of carbonyl (C=O) groups is 2. The van der Waals surface area contributed by atoms with Gasteiger partial charge < -0.3 is 15.2 Å². The van der Waals surface area contributed by atoms with E-state index < -0.39 is 12.0 Å². The van der Waals surface area contributed by atoms with Crippen LogP contribution in [0.5, 0.6) is 0 Å². The van der Waals surface area contributed by atoms with Gasteiger partial charge in [0, 0.05) is 6.54 Å². The van der Waals surface area contributed by atoms with Crippen LogP contribution in [-0.4, -0.2) is 30.2 Å². The quantitative estimate of drug-likeness (QED) is 0.735. The van der Waals surface area contributed by atoms with Gasteiger partial charge in [0.05, 0.1) is 12.7 Å². The molecule has 104 valence electrons. The van der Waals surface area contributed by atoms with Gasteiger partial charge in [0.2, 0.25) is 0 Å². The van der Waals surface area contributed by atoms with E-state index in [9.17, 15) is 9.59 Å². The van der Waals surface area contributed by atoms with Crippen molar-refractivity contribution in [3.8, 4) is 0 Å². The van der Waals surface area contributed by atoms with Crippen LogP contribution in [0.4, 0.5) is 0 Å². The van der Waals surface area contributed by atoms with Crippen LogP contribution >= 0.6 is 0 Å². The Bertz CT molecular complexity index is 428. The molecule has 0 saturated carbocycles. The number of benzene rings is 1. The molecule has 0 aliphatic heterocycles. The number of rotatable bonds is 7. The first-order valence-corrected chi connectivity index (χ1v) is 6.22. The van der Waals surface area contributed by atoms with Crippen LogP contribution in [0.1, 0.15) is 35.7 Å². The topological polar surface area (TPSA) is 75.6 Å². The highest BCUT2D eigenvalue weighted by atomic mass is 16.5. The smallest absolute Gasteiger partial charge is 0.337 e. The molecule has 1 unspecified atom stereocenters. The van der Waals surface area contributed by atoms with Crippen molar-refractivity contribution < 1.29 is 19.4 Å². The van der Waals surface area contributed by atoms with E-state index >= 15 is 0 Å². The van der Waals surface area contributed by atoms with Gasteiger partial charge >= 0.3 is 11.9 Å². The Morgan fingerprint density at radius 1 is 1.32 bits per heavy atom. The van der Waals surface area contributed by atoms with Gasteiger partial charge in [-0.1, -0.05) is 25.5 Å². The predicted molar refractivity (Wildman–Crippen MR) is 71.0 cm³/mol. The molecule has 0 aliphatic carbocycles. The van der Waals surface area contributed by atoms with Crippen molar-refractivity contribution in [2.45, 2.75) is 32.4 Å². The van der Waals surface area contributed by atoms with Crippen LogP contribution in [0.25, 0.3) is 0 Å². The summed E-state index contributed by atoms with van der Waals surface area (Å²) >= 11 is 0. The Morgan fingerprint density at radius 3 is 2.42 bits per heavy atom. The average Bonchev–Trinajstić information content (AvgIpc) is 2.42. The van der Waals surface area contributed by atoms with Crippen LogP contribution in [0.3, 0.4) is 0 Å². The fourth-order valence-corrected chi connectivity index (χ4v) is 1.72. The zero-order chi connectivity index (χ0) is 14.3. The molecule has 2 N–H and O–H groups in total. The molecule has 0 spiro atoms. The molecule has 5 heteroatoms. The lowest BCUT2D eigenvalue weighted by Crippen LogP contribution is -2.35. The number of esters is 1. The van der Waals surface area contributed by atoms with Crippen LogP contribution < -0.4 is 5.32 Å². The molecule has 0 bridgehead atoms. The van der Waals surface area contributed by atoms with Crippen molar-refractivity contribution in [2.75, 3.05) is 7.11 Å². The first kappa shape index (κ1) is 15.2. The monoisotopic (exact) mass is 265 g/mol. The van der Waals surface area contributed by atoms with Gasteiger partial charge in [-0.05, 0) is 24.1 Å². The second-order valence-corrected chi connectivity index (χ2v) is 4.25. The number of aliphatic carboxylic acids is 1. The number of ether oxygens (including phenoxy) is 1. The number of carboxylic acid groups (broad SMARTS) is 1. The normalized spacial score (nSPS) is 11.9. The summed E-state index contributed by atoms with van der Waals surface area (Å²) in [5.74, 6) is -1.22. The fraction of sp³-hybridized carbons (Fsp3) is 0.429. The molecule has 0 saturated heterocycles. The van der Waals surface area contributed by atoms with Gasteiger partial charge in [0.25, 0.3) is 0 Å². The molecule has 1 aromatic rings. The van der Waals surface area contributed by atoms with Crippen LogP contribution in [0.15, 0.2) is 24.3 Å². The lowest BCUT2D eigenvalue weighted by molar-refractivity contribution is -0.139. The Morgan fingerprint density at radius 2 is 1.95 bits per heavy atom. The van der Waals surface area contributed by atoms with E-state index in [4.69, 9.17) is 5.11 Å². The molecule has 0 radical (unpaired) electrons. The molecule has 0 amide bonds. The maximum atomic E-state index is 11.2. The third-order valence-electron chi connectivity index (χ3n) is 2.80. The van der Waals surface area contributed by atoms with Crippen molar-refractivity contribution >= 4 is 11.9 Å². The Balaban J connectivity index is 2.58. The number of nitrogens with one attached hydrogen (secondary N) is 1. The first-order valence-electron chi connectivity index (χ1n) is 6.22. The van der Waals surface area contributed by atoms with Crippen molar-refractivity contribution in [1.29, 1.82) is 0 Å². The van der Waals surface area contributed by atoms with Crippen molar-refractivity contribution in [3.63, 3.8) is 0 Å². The third kappa shape index (κ3) is 4.71. The second-order valence-electron chi connectivity index (χ2n) is 4.25. The minimum absolute atomic E-state index is 0.381. The summed E-state index contributed by atoms with van der Waals surface area (Å²) in [7, 11) is 1.33. The minimum Gasteiger partial charge on any atom is -0.480 e. The molecule has 5 nitrogen and oxygen atoms in total. The molecule has 1 atom stereocenters. The minimum atomic E-state index is -0.840. The highest BCUT2D eigenvalue weighted by molar-refractivity contribution is 5.89. The summed E-state index contributed by atoms with van der Waals surface area (Å²) in [6, 6.07) is 6.36. The highest BCUT2D eigenvalue weighted by Gasteiger charge is 2.15. The van der Waals surface area contributed by atoms with Crippen LogP contribution in [0.2, 0.25) is 0 Å². The van der Waals surface area contributed by atoms with Gasteiger partial charge in [0.1, 0.15) is 6.04 Å². The van der Waals surface area contributed by atoms with E-state index in [1.165, 1.54) is 7.11 Å². The maximum Gasteiger partial charge on any atom is 0.337 e. The zero-order valence-electron chi connectivity index (χ0n) is 11.2. The molecule has 1 rings (SSSR count). The summed E-state index contributed by atoms with van der Waals surface area (Å²) in [5.41, 5.74) is 1.41.